The van der Waals surface area contributed by atoms with Crippen LogP contribution in [0.5, 0.6) is 5.75 Å². The van der Waals surface area contributed by atoms with E-state index >= 15 is 0 Å². The molecule has 98 valence electrons. The van der Waals surface area contributed by atoms with Crippen molar-refractivity contribution in [1.29, 1.82) is 0 Å². The van der Waals surface area contributed by atoms with Gasteiger partial charge in [0.05, 0.1) is 6.10 Å². The Kier molecular flexibility index (Phi) is 3.00. The van der Waals surface area contributed by atoms with Crippen LogP contribution >= 0.6 is 11.6 Å². The van der Waals surface area contributed by atoms with Crippen molar-refractivity contribution in [2.75, 3.05) is 20.1 Å². The number of nitrogens with zero attached hydrogens (tertiary/aromatic N) is 1. The SMILES string of the molecule is CN1CCCC2(C[C@H](O)c3cc(Cl)ccc3O2)C1. The Labute approximate surface area is 112 Å². The van der Waals surface area contributed by atoms with Crippen molar-refractivity contribution in [3.8, 4) is 5.75 Å². The van der Waals surface area contributed by atoms with Gasteiger partial charge in [-0.05, 0) is 44.6 Å². The van der Waals surface area contributed by atoms with Crippen molar-refractivity contribution in [3.05, 3.63) is 28.8 Å². The summed E-state index contributed by atoms with van der Waals surface area (Å²) in [6, 6.07) is 5.50. The maximum absolute atomic E-state index is 10.3. The number of piperidine rings is 1. The van der Waals surface area contributed by atoms with Gasteiger partial charge in [0.1, 0.15) is 11.4 Å². The summed E-state index contributed by atoms with van der Waals surface area (Å²) in [6.07, 6.45) is 2.31. The summed E-state index contributed by atoms with van der Waals surface area (Å²) < 4.78 is 6.20. The van der Waals surface area contributed by atoms with E-state index in [4.69, 9.17) is 16.3 Å². The maximum Gasteiger partial charge on any atom is 0.126 e. The van der Waals surface area contributed by atoms with Crippen LogP contribution in [-0.4, -0.2) is 35.7 Å². The Morgan fingerprint density at radius 3 is 3.11 bits per heavy atom. The number of rotatable bonds is 0. The number of aliphatic hydroxyl groups is 1. The Balaban J connectivity index is 1.93. The Morgan fingerprint density at radius 1 is 1.50 bits per heavy atom. The molecule has 0 amide bonds. The van der Waals surface area contributed by atoms with E-state index in [1.54, 1.807) is 6.07 Å². The van der Waals surface area contributed by atoms with E-state index in [9.17, 15) is 5.11 Å². The maximum atomic E-state index is 10.3. The fourth-order valence-corrected chi connectivity index (χ4v) is 3.36. The smallest absolute Gasteiger partial charge is 0.126 e. The summed E-state index contributed by atoms with van der Waals surface area (Å²) in [7, 11) is 2.11. The molecule has 0 aromatic heterocycles. The van der Waals surface area contributed by atoms with Crippen LogP contribution in [-0.2, 0) is 0 Å². The molecule has 0 aliphatic carbocycles. The van der Waals surface area contributed by atoms with Crippen LogP contribution in [0.1, 0.15) is 30.9 Å². The van der Waals surface area contributed by atoms with E-state index in [0.717, 1.165) is 37.2 Å². The first-order valence-corrected chi connectivity index (χ1v) is 6.81. The summed E-state index contributed by atoms with van der Waals surface area (Å²) in [6.45, 7) is 1.99. The van der Waals surface area contributed by atoms with Gasteiger partial charge in [0.25, 0.3) is 0 Å². The second-order valence-electron chi connectivity index (χ2n) is 5.53. The molecule has 3 nitrogen and oxygen atoms in total. The lowest BCUT2D eigenvalue weighted by molar-refractivity contribution is -0.0554. The molecule has 1 fully saturated rings. The zero-order valence-corrected chi connectivity index (χ0v) is 11.3. The first-order valence-electron chi connectivity index (χ1n) is 6.43. The second-order valence-corrected chi connectivity index (χ2v) is 5.96. The highest BCUT2D eigenvalue weighted by molar-refractivity contribution is 6.30. The van der Waals surface area contributed by atoms with Gasteiger partial charge in [0.15, 0.2) is 0 Å². The Hall–Kier alpha value is -0.770. The molecule has 1 aromatic carbocycles. The lowest BCUT2D eigenvalue weighted by Crippen LogP contribution is -2.52. The van der Waals surface area contributed by atoms with Gasteiger partial charge < -0.3 is 14.7 Å². The third-order valence-electron chi connectivity index (χ3n) is 3.95. The molecule has 1 aromatic rings. The highest BCUT2D eigenvalue weighted by Crippen LogP contribution is 2.43. The molecule has 2 atom stereocenters. The zero-order chi connectivity index (χ0) is 12.8. The lowest BCUT2D eigenvalue weighted by atomic mass is 9.83. The molecule has 0 bridgehead atoms. The van der Waals surface area contributed by atoms with Gasteiger partial charge in [0.2, 0.25) is 0 Å². The first-order chi connectivity index (χ1) is 8.58. The fraction of sp³-hybridized carbons (Fsp3) is 0.571. The van der Waals surface area contributed by atoms with E-state index in [0.29, 0.717) is 11.4 Å². The van der Waals surface area contributed by atoms with Crippen molar-refractivity contribution >= 4 is 11.6 Å². The van der Waals surface area contributed by atoms with Crippen LogP contribution in [0.4, 0.5) is 0 Å². The summed E-state index contributed by atoms with van der Waals surface area (Å²) in [5, 5.41) is 11.0. The Bertz CT molecular complexity index is 465. The van der Waals surface area contributed by atoms with Crippen LogP contribution in [0.2, 0.25) is 5.02 Å². The normalized spacial score (nSPS) is 32.1. The number of likely N-dealkylation sites (tertiary alicyclic amines) is 1. The molecule has 3 rings (SSSR count). The predicted molar refractivity (Wildman–Crippen MR) is 71.1 cm³/mol. The van der Waals surface area contributed by atoms with E-state index < -0.39 is 6.10 Å². The fourth-order valence-electron chi connectivity index (χ4n) is 3.18. The number of likely N-dealkylation sites (N-methyl/N-ethyl adjacent to an activating group) is 1. The number of aliphatic hydroxyl groups excluding tert-OH is 1. The van der Waals surface area contributed by atoms with E-state index in [1.807, 2.05) is 12.1 Å². The minimum Gasteiger partial charge on any atom is -0.485 e. The molecular formula is C14H18ClNO2. The van der Waals surface area contributed by atoms with E-state index in [-0.39, 0.29) is 5.60 Å². The van der Waals surface area contributed by atoms with Gasteiger partial charge in [-0.25, -0.2) is 0 Å². The number of hydrogen-bond donors (Lipinski definition) is 1. The lowest BCUT2D eigenvalue weighted by Gasteiger charge is -2.45. The second kappa shape index (κ2) is 4.41. The summed E-state index contributed by atoms with van der Waals surface area (Å²) in [5.74, 6) is 0.786. The van der Waals surface area contributed by atoms with Crippen molar-refractivity contribution in [1.82, 2.24) is 4.90 Å². The number of benzene rings is 1. The van der Waals surface area contributed by atoms with E-state index in [1.165, 1.54) is 0 Å². The summed E-state index contributed by atoms with van der Waals surface area (Å²) >= 11 is 5.97. The number of fused-ring (bicyclic) bond motifs is 1. The largest absolute Gasteiger partial charge is 0.485 e. The molecule has 2 heterocycles. The first kappa shape index (κ1) is 12.3. The molecule has 0 radical (unpaired) electrons. The Morgan fingerprint density at radius 2 is 2.33 bits per heavy atom. The molecule has 1 unspecified atom stereocenters. The van der Waals surface area contributed by atoms with Gasteiger partial charge in [-0.15, -0.1) is 0 Å². The third kappa shape index (κ3) is 2.11. The standard InChI is InChI=1S/C14H18ClNO2/c1-16-6-2-5-14(9-16)8-12(17)11-7-10(15)3-4-13(11)18-14/h3-4,7,12,17H,2,5-6,8-9H2,1H3/t12-,14?/m0/s1. The highest BCUT2D eigenvalue weighted by atomic mass is 35.5. The van der Waals surface area contributed by atoms with Crippen LogP contribution in [0.3, 0.4) is 0 Å². The van der Waals surface area contributed by atoms with Crippen LogP contribution in [0.15, 0.2) is 18.2 Å². The monoisotopic (exact) mass is 267 g/mol. The van der Waals surface area contributed by atoms with Crippen LogP contribution in [0, 0.1) is 0 Å². The van der Waals surface area contributed by atoms with Crippen LogP contribution in [0.25, 0.3) is 0 Å². The molecule has 2 aliphatic heterocycles. The minimum atomic E-state index is -0.473. The number of halogens is 1. The number of ether oxygens (including phenoxy) is 1. The van der Waals surface area contributed by atoms with Crippen molar-refractivity contribution in [2.24, 2.45) is 0 Å². The van der Waals surface area contributed by atoms with Gasteiger partial charge in [-0.2, -0.15) is 0 Å². The van der Waals surface area contributed by atoms with Crippen molar-refractivity contribution in [3.63, 3.8) is 0 Å². The molecule has 1 N–H and O–H groups in total. The number of hydrogen-bond acceptors (Lipinski definition) is 3. The van der Waals surface area contributed by atoms with Gasteiger partial charge in [-0.1, -0.05) is 11.6 Å². The van der Waals surface area contributed by atoms with Crippen molar-refractivity contribution in [2.45, 2.75) is 31.0 Å². The van der Waals surface area contributed by atoms with Crippen LogP contribution < -0.4 is 4.74 Å². The molecule has 2 aliphatic rings. The molecule has 0 saturated carbocycles. The molecular weight excluding hydrogens is 250 g/mol. The average Bonchev–Trinajstić information content (AvgIpc) is 2.30. The summed E-state index contributed by atoms with van der Waals surface area (Å²) in [4.78, 5) is 2.27. The van der Waals surface area contributed by atoms with Gasteiger partial charge in [-0.3, -0.25) is 0 Å². The summed E-state index contributed by atoms with van der Waals surface area (Å²) in [5.41, 5.74) is 0.592. The van der Waals surface area contributed by atoms with Gasteiger partial charge in [0, 0.05) is 23.6 Å². The minimum absolute atomic E-state index is 0.229. The molecule has 1 saturated heterocycles. The van der Waals surface area contributed by atoms with Crippen molar-refractivity contribution < 1.29 is 9.84 Å². The highest BCUT2D eigenvalue weighted by Gasteiger charge is 2.42. The zero-order valence-electron chi connectivity index (χ0n) is 10.5. The predicted octanol–water partition coefficient (Wildman–Crippen LogP) is 2.62. The topological polar surface area (TPSA) is 32.7 Å². The van der Waals surface area contributed by atoms with E-state index in [2.05, 4.69) is 11.9 Å². The quantitative estimate of drug-likeness (QED) is 0.784. The molecule has 18 heavy (non-hydrogen) atoms. The molecule has 4 heteroatoms. The molecule has 1 spiro atoms. The average molecular weight is 268 g/mol. The van der Waals surface area contributed by atoms with Gasteiger partial charge >= 0.3 is 0 Å². The third-order valence-corrected chi connectivity index (χ3v) is 4.19.